The van der Waals surface area contributed by atoms with Crippen LogP contribution in [0.2, 0.25) is 0 Å². The monoisotopic (exact) mass is 273 g/mol. The van der Waals surface area contributed by atoms with E-state index >= 15 is 0 Å². The zero-order valence-electron chi connectivity index (χ0n) is 11.1. The molecule has 0 N–H and O–H groups in total. The van der Waals surface area contributed by atoms with Crippen LogP contribution in [-0.2, 0) is 0 Å². The highest BCUT2D eigenvalue weighted by molar-refractivity contribution is 5.94. The Morgan fingerprint density at radius 1 is 1.35 bits per heavy atom. The van der Waals surface area contributed by atoms with Gasteiger partial charge in [0.05, 0.1) is 31.1 Å². The summed E-state index contributed by atoms with van der Waals surface area (Å²) in [5, 5.41) is 8.25. The average molecular weight is 273 g/mol. The summed E-state index contributed by atoms with van der Waals surface area (Å²) in [6.07, 6.45) is 5.71. The number of hydrogen-bond acceptors (Lipinski definition) is 5. The molecular formula is C13H15N5O2. The topological polar surface area (TPSA) is 73.1 Å². The molecule has 3 rings (SSSR count). The molecule has 1 amide bonds. The van der Waals surface area contributed by atoms with E-state index in [9.17, 15) is 4.79 Å². The molecule has 20 heavy (non-hydrogen) atoms. The molecule has 0 aromatic carbocycles. The Hall–Kier alpha value is -2.44. The predicted octanol–water partition coefficient (Wildman–Crippen LogP) is 0.769. The minimum absolute atomic E-state index is 0.0187. The molecule has 0 saturated carbocycles. The Kier molecular flexibility index (Phi) is 3.32. The van der Waals surface area contributed by atoms with Crippen molar-refractivity contribution in [1.82, 2.24) is 24.9 Å². The summed E-state index contributed by atoms with van der Waals surface area (Å²) in [6, 6.07) is 3.57. The van der Waals surface area contributed by atoms with Crippen molar-refractivity contribution >= 4 is 5.91 Å². The highest BCUT2D eigenvalue weighted by Crippen LogP contribution is 2.21. The van der Waals surface area contributed by atoms with Gasteiger partial charge in [0.15, 0.2) is 0 Å². The van der Waals surface area contributed by atoms with Gasteiger partial charge in [0.25, 0.3) is 5.91 Å². The summed E-state index contributed by atoms with van der Waals surface area (Å²) in [5.41, 5.74) is 0.569. The van der Waals surface area contributed by atoms with Gasteiger partial charge >= 0.3 is 0 Å². The van der Waals surface area contributed by atoms with Crippen molar-refractivity contribution in [2.45, 2.75) is 12.5 Å². The lowest BCUT2D eigenvalue weighted by atomic mass is 10.2. The van der Waals surface area contributed by atoms with Crippen LogP contribution < -0.4 is 4.74 Å². The van der Waals surface area contributed by atoms with E-state index in [1.807, 2.05) is 0 Å². The minimum atomic E-state index is -0.0187. The highest BCUT2D eigenvalue weighted by Gasteiger charge is 2.29. The van der Waals surface area contributed by atoms with Crippen molar-refractivity contribution in [2.75, 3.05) is 20.2 Å². The first-order valence-electron chi connectivity index (χ1n) is 6.43. The molecule has 7 heteroatoms. The zero-order valence-corrected chi connectivity index (χ0v) is 11.1. The fourth-order valence-electron chi connectivity index (χ4n) is 2.34. The van der Waals surface area contributed by atoms with Crippen LogP contribution in [0.15, 0.2) is 30.7 Å². The minimum Gasteiger partial charge on any atom is -0.481 e. The van der Waals surface area contributed by atoms with Gasteiger partial charge in [-0.15, -0.1) is 0 Å². The third-order valence-corrected chi connectivity index (χ3v) is 3.41. The van der Waals surface area contributed by atoms with Gasteiger partial charge < -0.3 is 9.64 Å². The first kappa shape index (κ1) is 12.6. The van der Waals surface area contributed by atoms with Crippen molar-refractivity contribution in [2.24, 2.45) is 0 Å². The molecule has 1 saturated heterocycles. The Bertz CT molecular complexity index is 581. The van der Waals surface area contributed by atoms with Crippen LogP contribution in [0.4, 0.5) is 0 Å². The van der Waals surface area contributed by atoms with Gasteiger partial charge in [-0.3, -0.25) is 4.79 Å². The molecule has 2 aromatic heterocycles. The average Bonchev–Trinajstić information content (AvgIpc) is 3.17. The smallest absolute Gasteiger partial charge is 0.255 e. The van der Waals surface area contributed by atoms with E-state index in [1.54, 1.807) is 47.5 Å². The molecule has 0 radical (unpaired) electrons. The molecule has 1 aliphatic heterocycles. The molecule has 0 bridgehead atoms. The number of carbonyl (C=O) groups is 1. The van der Waals surface area contributed by atoms with E-state index in [0.29, 0.717) is 24.5 Å². The second kappa shape index (κ2) is 5.28. The van der Waals surface area contributed by atoms with Crippen LogP contribution in [0, 0.1) is 0 Å². The van der Waals surface area contributed by atoms with Crippen LogP contribution in [0.25, 0.3) is 0 Å². The molecule has 0 aliphatic carbocycles. The van der Waals surface area contributed by atoms with E-state index in [0.717, 1.165) is 6.42 Å². The number of pyridine rings is 1. The molecule has 1 atom stereocenters. The van der Waals surface area contributed by atoms with Crippen molar-refractivity contribution in [3.8, 4) is 5.88 Å². The van der Waals surface area contributed by atoms with Gasteiger partial charge in [0.1, 0.15) is 0 Å². The van der Waals surface area contributed by atoms with Crippen LogP contribution in [0.3, 0.4) is 0 Å². The van der Waals surface area contributed by atoms with E-state index < -0.39 is 0 Å². The summed E-state index contributed by atoms with van der Waals surface area (Å²) in [6.45, 7) is 1.33. The van der Waals surface area contributed by atoms with Gasteiger partial charge in [-0.05, 0) is 12.5 Å². The number of amides is 1. The lowest BCUT2D eigenvalue weighted by Gasteiger charge is -2.16. The van der Waals surface area contributed by atoms with Crippen LogP contribution in [-0.4, -0.2) is 51.0 Å². The molecular weight excluding hydrogens is 258 g/mol. The number of ether oxygens (including phenoxy) is 1. The maximum Gasteiger partial charge on any atom is 0.255 e. The van der Waals surface area contributed by atoms with Crippen molar-refractivity contribution in [3.63, 3.8) is 0 Å². The lowest BCUT2D eigenvalue weighted by Crippen LogP contribution is -2.29. The van der Waals surface area contributed by atoms with Crippen LogP contribution >= 0.6 is 0 Å². The number of carbonyl (C=O) groups excluding carboxylic acids is 1. The highest BCUT2D eigenvalue weighted by atomic mass is 16.5. The summed E-state index contributed by atoms with van der Waals surface area (Å²) in [5.74, 6) is 0.483. The van der Waals surface area contributed by atoms with Gasteiger partial charge in [-0.2, -0.15) is 15.0 Å². The van der Waals surface area contributed by atoms with Crippen LogP contribution in [0.1, 0.15) is 22.8 Å². The molecule has 1 aliphatic rings. The largest absolute Gasteiger partial charge is 0.481 e. The Balaban J connectivity index is 1.69. The SMILES string of the molecule is COc1ccc(C(=O)N2CCC(n3nccn3)C2)cn1. The number of likely N-dealkylation sites (tertiary alicyclic amines) is 1. The molecule has 104 valence electrons. The number of aromatic nitrogens is 4. The third kappa shape index (κ3) is 2.34. The molecule has 1 unspecified atom stereocenters. The number of hydrogen-bond donors (Lipinski definition) is 0. The normalized spacial score (nSPS) is 18.2. The van der Waals surface area contributed by atoms with Crippen LogP contribution in [0.5, 0.6) is 5.88 Å². The van der Waals surface area contributed by atoms with E-state index in [2.05, 4.69) is 15.2 Å². The maximum atomic E-state index is 12.4. The van der Waals surface area contributed by atoms with E-state index in [-0.39, 0.29) is 11.9 Å². The summed E-state index contributed by atoms with van der Waals surface area (Å²) >= 11 is 0. The summed E-state index contributed by atoms with van der Waals surface area (Å²) in [4.78, 5) is 19.9. The van der Waals surface area contributed by atoms with Gasteiger partial charge in [0, 0.05) is 25.4 Å². The van der Waals surface area contributed by atoms with Crippen molar-refractivity contribution in [1.29, 1.82) is 0 Å². The first-order chi connectivity index (χ1) is 9.78. The quantitative estimate of drug-likeness (QED) is 0.825. The zero-order chi connectivity index (χ0) is 13.9. The summed E-state index contributed by atoms with van der Waals surface area (Å²) < 4.78 is 4.98. The molecule has 7 nitrogen and oxygen atoms in total. The molecule has 3 heterocycles. The fraction of sp³-hybridized carbons (Fsp3) is 0.385. The first-order valence-corrected chi connectivity index (χ1v) is 6.43. The predicted molar refractivity (Wildman–Crippen MR) is 70.4 cm³/mol. The Morgan fingerprint density at radius 2 is 2.15 bits per heavy atom. The maximum absolute atomic E-state index is 12.4. The van der Waals surface area contributed by atoms with Gasteiger partial charge in [-0.25, -0.2) is 4.98 Å². The number of nitrogens with zero attached hydrogens (tertiary/aromatic N) is 5. The van der Waals surface area contributed by atoms with E-state index in [4.69, 9.17) is 4.74 Å². The van der Waals surface area contributed by atoms with Gasteiger partial charge in [-0.1, -0.05) is 0 Å². The lowest BCUT2D eigenvalue weighted by molar-refractivity contribution is 0.0785. The second-order valence-electron chi connectivity index (χ2n) is 4.63. The Morgan fingerprint density at radius 3 is 2.80 bits per heavy atom. The second-order valence-corrected chi connectivity index (χ2v) is 4.63. The number of rotatable bonds is 3. The molecule has 2 aromatic rings. The Labute approximate surface area is 116 Å². The fourth-order valence-corrected chi connectivity index (χ4v) is 2.34. The van der Waals surface area contributed by atoms with Gasteiger partial charge in [0.2, 0.25) is 5.88 Å². The van der Waals surface area contributed by atoms with Crippen molar-refractivity contribution < 1.29 is 9.53 Å². The summed E-state index contributed by atoms with van der Waals surface area (Å²) in [7, 11) is 1.55. The molecule has 0 spiro atoms. The van der Waals surface area contributed by atoms with E-state index in [1.165, 1.54) is 0 Å². The number of methoxy groups -OCH3 is 1. The standard InChI is InChI=1S/C13H15N5O2/c1-20-12-3-2-10(8-14-12)13(19)17-7-4-11(9-17)18-15-5-6-16-18/h2-3,5-6,8,11H,4,7,9H2,1H3. The third-order valence-electron chi connectivity index (χ3n) is 3.41. The van der Waals surface area contributed by atoms with Crippen molar-refractivity contribution in [3.05, 3.63) is 36.3 Å². The molecule has 1 fully saturated rings.